The zero-order valence-electron chi connectivity index (χ0n) is 13.5. The van der Waals surface area contributed by atoms with Crippen LogP contribution in [0.4, 0.5) is 0 Å². The molecule has 4 rings (SSSR count). The molecule has 1 atom stereocenters. The van der Waals surface area contributed by atoms with Crippen molar-refractivity contribution in [3.8, 4) is 0 Å². The van der Waals surface area contributed by atoms with Crippen molar-refractivity contribution in [3.63, 3.8) is 0 Å². The number of hydrogen-bond acceptors (Lipinski definition) is 3. The molecule has 0 radical (unpaired) electrons. The summed E-state index contributed by atoms with van der Waals surface area (Å²) in [4.78, 5) is 19.5. The number of carbonyl (C=O) groups excluding carboxylic acids is 1. The smallest absolute Gasteiger partial charge is 0.254 e. The van der Waals surface area contributed by atoms with Gasteiger partial charge in [-0.2, -0.15) is 0 Å². The SMILES string of the molecule is Cn1ccnc1C1CNCCN1C(=O)c1ccc2c(c1)CCC2. The third-order valence-electron chi connectivity index (χ3n) is 5.01. The van der Waals surface area contributed by atoms with Crippen LogP contribution in [0.1, 0.15) is 39.8 Å². The van der Waals surface area contributed by atoms with Crippen LogP contribution in [0.3, 0.4) is 0 Å². The van der Waals surface area contributed by atoms with Crippen molar-refractivity contribution in [2.75, 3.05) is 19.6 Å². The van der Waals surface area contributed by atoms with E-state index in [2.05, 4.69) is 22.4 Å². The van der Waals surface area contributed by atoms with Crippen LogP contribution in [0.25, 0.3) is 0 Å². The summed E-state index contributed by atoms with van der Waals surface area (Å²) in [5, 5.41) is 3.38. The second-order valence-electron chi connectivity index (χ2n) is 6.45. The molecule has 120 valence electrons. The highest BCUT2D eigenvalue weighted by Gasteiger charge is 2.31. The molecule has 5 nitrogen and oxygen atoms in total. The Morgan fingerprint density at radius 1 is 1.30 bits per heavy atom. The van der Waals surface area contributed by atoms with E-state index < -0.39 is 0 Å². The highest BCUT2D eigenvalue weighted by Crippen LogP contribution is 2.26. The largest absolute Gasteiger partial charge is 0.336 e. The Morgan fingerprint density at radius 3 is 3.00 bits per heavy atom. The second kappa shape index (κ2) is 5.81. The quantitative estimate of drug-likeness (QED) is 0.918. The molecule has 23 heavy (non-hydrogen) atoms. The molecule has 1 aromatic carbocycles. The topological polar surface area (TPSA) is 50.2 Å². The maximum absolute atomic E-state index is 13.1. The van der Waals surface area contributed by atoms with Crippen molar-refractivity contribution < 1.29 is 4.79 Å². The number of nitrogens with one attached hydrogen (secondary N) is 1. The van der Waals surface area contributed by atoms with E-state index in [1.165, 1.54) is 17.5 Å². The fourth-order valence-electron chi connectivity index (χ4n) is 3.75. The van der Waals surface area contributed by atoms with Crippen molar-refractivity contribution >= 4 is 5.91 Å². The lowest BCUT2D eigenvalue weighted by molar-refractivity contribution is 0.0621. The molecule has 1 amide bonds. The summed E-state index contributed by atoms with van der Waals surface area (Å²) < 4.78 is 2.00. The van der Waals surface area contributed by atoms with Gasteiger partial charge < -0.3 is 14.8 Å². The van der Waals surface area contributed by atoms with Crippen LogP contribution < -0.4 is 5.32 Å². The van der Waals surface area contributed by atoms with Gasteiger partial charge >= 0.3 is 0 Å². The van der Waals surface area contributed by atoms with Gasteiger partial charge in [0, 0.05) is 44.6 Å². The molecule has 2 aromatic rings. The molecule has 1 unspecified atom stereocenters. The summed E-state index contributed by atoms with van der Waals surface area (Å²) in [6, 6.07) is 6.21. The molecule has 2 aliphatic rings. The van der Waals surface area contributed by atoms with Crippen LogP contribution in [0.5, 0.6) is 0 Å². The zero-order chi connectivity index (χ0) is 15.8. The van der Waals surface area contributed by atoms with Crippen molar-refractivity contribution in [2.45, 2.75) is 25.3 Å². The van der Waals surface area contributed by atoms with Crippen molar-refractivity contribution in [1.82, 2.24) is 19.8 Å². The molecular formula is C18H22N4O. The lowest BCUT2D eigenvalue weighted by Gasteiger charge is -2.36. The zero-order valence-corrected chi connectivity index (χ0v) is 13.5. The Labute approximate surface area is 136 Å². The number of imidazole rings is 1. The minimum atomic E-state index is -0.00972. The van der Waals surface area contributed by atoms with Crippen molar-refractivity contribution in [2.24, 2.45) is 7.05 Å². The van der Waals surface area contributed by atoms with E-state index in [0.29, 0.717) is 6.54 Å². The molecule has 1 N–H and O–H groups in total. The minimum absolute atomic E-state index is 0.00972. The van der Waals surface area contributed by atoms with Gasteiger partial charge in [-0.1, -0.05) is 6.07 Å². The van der Waals surface area contributed by atoms with E-state index in [4.69, 9.17) is 0 Å². The molecule has 1 saturated heterocycles. The molecule has 1 aliphatic carbocycles. The molecule has 0 saturated carbocycles. The normalized spacial score (nSPS) is 20.6. The molecule has 0 spiro atoms. The summed E-state index contributed by atoms with van der Waals surface area (Å²) in [5.41, 5.74) is 3.56. The lowest BCUT2D eigenvalue weighted by atomic mass is 10.0. The van der Waals surface area contributed by atoms with Gasteiger partial charge in [0.05, 0.1) is 0 Å². The number of rotatable bonds is 2. The van der Waals surface area contributed by atoms with E-state index in [-0.39, 0.29) is 11.9 Å². The Morgan fingerprint density at radius 2 is 2.17 bits per heavy atom. The van der Waals surface area contributed by atoms with Gasteiger partial charge in [-0.05, 0) is 42.5 Å². The number of hydrogen-bond donors (Lipinski definition) is 1. The summed E-state index contributed by atoms with van der Waals surface area (Å²) in [6.07, 6.45) is 7.18. The molecular weight excluding hydrogens is 288 g/mol. The number of amides is 1. The number of benzene rings is 1. The Hall–Kier alpha value is -2.14. The Balaban J connectivity index is 1.64. The van der Waals surface area contributed by atoms with Crippen LogP contribution in [0, 0.1) is 0 Å². The van der Waals surface area contributed by atoms with Crippen LogP contribution in [0.15, 0.2) is 30.6 Å². The third-order valence-corrected chi connectivity index (χ3v) is 5.01. The third kappa shape index (κ3) is 2.55. The number of fused-ring (bicyclic) bond motifs is 1. The van der Waals surface area contributed by atoms with Gasteiger partial charge in [-0.15, -0.1) is 0 Å². The van der Waals surface area contributed by atoms with Crippen LogP contribution in [-0.2, 0) is 19.9 Å². The Bertz CT molecular complexity index is 736. The monoisotopic (exact) mass is 310 g/mol. The van der Waals surface area contributed by atoms with E-state index in [9.17, 15) is 4.79 Å². The first-order chi connectivity index (χ1) is 11.2. The number of nitrogens with zero attached hydrogens (tertiary/aromatic N) is 3. The summed E-state index contributed by atoms with van der Waals surface area (Å²) in [5.74, 6) is 1.06. The fraction of sp³-hybridized carbons (Fsp3) is 0.444. The first-order valence-electron chi connectivity index (χ1n) is 8.35. The van der Waals surface area contributed by atoms with Gasteiger partial charge in [0.1, 0.15) is 11.9 Å². The van der Waals surface area contributed by atoms with Gasteiger partial charge in [0.15, 0.2) is 0 Å². The highest BCUT2D eigenvalue weighted by molar-refractivity contribution is 5.95. The summed E-state index contributed by atoms with van der Waals surface area (Å²) in [6.45, 7) is 2.30. The number of piperazine rings is 1. The molecule has 1 fully saturated rings. The molecule has 1 aromatic heterocycles. The van der Waals surface area contributed by atoms with E-state index in [1.54, 1.807) is 6.20 Å². The van der Waals surface area contributed by atoms with Crippen molar-refractivity contribution in [3.05, 3.63) is 53.1 Å². The Kier molecular flexibility index (Phi) is 3.65. The summed E-state index contributed by atoms with van der Waals surface area (Å²) >= 11 is 0. The molecule has 1 aliphatic heterocycles. The van der Waals surface area contributed by atoms with Gasteiger partial charge in [-0.3, -0.25) is 4.79 Å². The average Bonchev–Trinajstić information content (AvgIpc) is 3.22. The molecule has 5 heteroatoms. The van der Waals surface area contributed by atoms with Gasteiger partial charge in [0.25, 0.3) is 5.91 Å². The number of carbonyl (C=O) groups is 1. The van der Waals surface area contributed by atoms with Crippen molar-refractivity contribution in [1.29, 1.82) is 0 Å². The average molecular weight is 310 g/mol. The van der Waals surface area contributed by atoms with Gasteiger partial charge in [0.2, 0.25) is 0 Å². The predicted octanol–water partition coefficient (Wildman–Crippen LogP) is 1.70. The van der Waals surface area contributed by atoms with Gasteiger partial charge in [-0.25, -0.2) is 4.98 Å². The van der Waals surface area contributed by atoms with Crippen LogP contribution >= 0.6 is 0 Å². The number of aryl methyl sites for hydroxylation is 3. The molecule has 0 bridgehead atoms. The van der Waals surface area contributed by atoms with E-state index in [1.807, 2.05) is 28.8 Å². The van der Waals surface area contributed by atoms with Crippen LogP contribution in [-0.4, -0.2) is 40.0 Å². The minimum Gasteiger partial charge on any atom is -0.336 e. The number of aromatic nitrogens is 2. The maximum Gasteiger partial charge on any atom is 0.254 e. The van der Waals surface area contributed by atoms with E-state index in [0.717, 1.165) is 37.3 Å². The standard InChI is InChI=1S/C18H22N4O/c1-21-9-8-20-17(21)16-12-19-7-10-22(16)18(23)15-6-5-13-3-2-4-14(13)11-15/h5-6,8-9,11,16,19H,2-4,7,10,12H2,1H3. The van der Waals surface area contributed by atoms with E-state index >= 15 is 0 Å². The summed E-state index contributed by atoms with van der Waals surface area (Å²) in [7, 11) is 1.98. The second-order valence-corrected chi connectivity index (χ2v) is 6.45. The maximum atomic E-state index is 13.1. The van der Waals surface area contributed by atoms with Crippen LogP contribution in [0.2, 0.25) is 0 Å². The first kappa shape index (κ1) is 14.5. The fourth-order valence-corrected chi connectivity index (χ4v) is 3.75. The molecule has 2 heterocycles. The highest BCUT2D eigenvalue weighted by atomic mass is 16.2. The predicted molar refractivity (Wildman–Crippen MR) is 88.3 cm³/mol. The lowest BCUT2D eigenvalue weighted by Crippen LogP contribution is -2.49. The first-order valence-corrected chi connectivity index (χ1v) is 8.35.